The largest absolute Gasteiger partial charge is 0.311 e. The van der Waals surface area contributed by atoms with E-state index >= 15 is 0 Å². The average Bonchev–Trinajstić information content (AvgIpc) is 2.54. The van der Waals surface area contributed by atoms with Crippen LogP contribution < -0.4 is 5.32 Å². The van der Waals surface area contributed by atoms with E-state index in [1.54, 1.807) is 0 Å². The van der Waals surface area contributed by atoms with Crippen LogP contribution in [0.4, 0.5) is 0 Å². The van der Waals surface area contributed by atoms with Crippen LogP contribution in [0.15, 0.2) is 65.1 Å². The van der Waals surface area contributed by atoms with Gasteiger partial charge in [0.15, 0.2) is 0 Å². The smallest absolute Gasteiger partial charge is 0.0706 e. The van der Waals surface area contributed by atoms with E-state index < -0.39 is 0 Å². The number of nitrogens with one attached hydrogen (secondary N) is 1. The first-order valence-electron chi connectivity index (χ1n) is 7.04. The zero-order valence-corrected chi connectivity index (χ0v) is 13.5. The third kappa shape index (κ3) is 3.14. The molecule has 1 atom stereocenters. The van der Waals surface area contributed by atoms with Crippen LogP contribution in [-0.4, -0.2) is 12.0 Å². The lowest BCUT2D eigenvalue weighted by molar-refractivity contribution is 0.577. The summed E-state index contributed by atoms with van der Waals surface area (Å²) in [6.07, 6.45) is 0.906. The summed E-state index contributed by atoms with van der Waals surface area (Å²) < 4.78 is 1.14. The third-order valence-electron chi connectivity index (χ3n) is 3.71. The lowest BCUT2D eigenvalue weighted by Gasteiger charge is -2.17. The number of likely N-dealkylation sites (N-methyl/N-ethyl adjacent to an activating group) is 1. The molecule has 0 amide bonds. The molecule has 2 nitrogen and oxygen atoms in total. The maximum absolute atomic E-state index is 4.79. The second-order valence-electron chi connectivity index (χ2n) is 5.07. The molecule has 0 aliphatic heterocycles. The third-order valence-corrected chi connectivity index (χ3v) is 4.48. The Balaban J connectivity index is 1.93. The first-order valence-corrected chi connectivity index (χ1v) is 7.83. The number of rotatable bonds is 4. The molecule has 3 heteroatoms. The van der Waals surface area contributed by atoms with Gasteiger partial charge in [0.05, 0.1) is 17.3 Å². The van der Waals surface area contributed by atoms with Gasteiger partial charge in [0.1, 0.15) is 0 Å². The highest BCUT2D eigenvalue weighted by Crippen LogP contribution is 2.24. The van der Waals surface area contributed by atoms with E-state index in [4.69, 9.17) is 4.98 Å². The molecule has 21 heavy (non-hydrogen) atoms. The van der Waals surface area contributed by atoms with E-state index in [-0.39, 0.29) is 6.04 Å². The molecule has 1 heterocycles. The van der Waals surface area contributed by atoms with E-state index in [0.717, 1.165) is 22.1 Å². The van der Waals surface area contributed by atoms with Gasteiger partial charge in [-0.05, 0) is 37.2 Å². The van der Waals surface area contributed by atoms with Crippen molar-refractivity contribution < 1.29 is 0 Å². The van der Waals surface area contributed by atoms with Gasteiger partial charge in [-0.25, -0.2) is 0 Å². The van der Waals surface area contributed by atoms with Crippen molar-refractivity contribution in [2.75, 3.05) is 7.05 Å². The quantitative estimate of drug-likeness (QED) is 0.756. The lowest BCUT2D eigenvalue weighted by Crippen LogP contribution is -2.20. The van der Waals surface area contributed by atoms with Gasteiger partial charge in [-0.2, -0.15) is 0 Å². The average molecular weight is 341 g/mol. The maximum atomic E-state index is 4.79. The molecular weight excluding hydrogens is 324 g/mol. The lowest BCUT2D eigenvalue weighted by atomic mass is 10.0. The van der Waals surface area contributed by atoms with Crippen molar-refractivity contribution in [2.45, 2.75) is 12.5 Å². The molecule has 0 spiro atoms. The van der Waals surface area contributed by atoms with Gasteiger partial charge in [-0.1, -0.05) is 58.4 Å². The molecule has 2 aromatic carbocycles. The summed E-state index contributed by atoms with van der Waals surface area (Å²) in [5.41, 5.74) is 3.40. The van der Waals surface area contributed by atoms with Gasteiger partial charge >= 0.3 is 0 Å². The summed E-state index contributed by atoms with van der Waals surface area (Å²) in [5, 5.41) is 4.55. The van der Waals surface area contributed by atoms with Crippen molar-refractivity contribution in [2.24, 2.45) is 0 Å². The second-order valence-corrected chi connectivity index (χ2v) is 5.92. The Bertz CT molecular complexity index is 755. The topological polar surface area (TPSA) is 24.9 Å². The van der Waals surface area contributed by atoms with Gasteiger partial charge in [0.2, 0.25) is 0 Å². The molecule has 0 saturated carbocycles. The van der Waals surface area contributed by atoms with Gasteiger partial charge < -0.3 is 5.32 Å². The van der Waals surface area contributed by atoms with Gasteiger partial charge in [0, 0.05) is 9.86 Å². The normalized spacial score (nSPS) is 12.5. The van der Waals surface area contributed by atoms with Crippen molar-refractivity contribution in [1.29, 1.82) is 0 Å². The number of nitrogens with zero attached hydrogens (tertiary/aromatic N) is 1. The zero-order chi connectivity index (χ0) is 14.7. The van der Waals surface area contributed by atoms with Crippen molar-refractivity contribution in [1.82, 2.24) is 10.3 Å². The zero-order valence-electron chi connectivity index (χ0n) is 11.9. The SMILES string of the molecule is CNC(Cc1ccccc1Br)c1ccc2ccccc2n1. The van der Waals surface area contributed by atoms with Crippen molar-refractivity contribution >= 4 is 26.8 Å². The molecule has 0 bridgehead atoms. The molecule has 3 aromatic rings. The van der Waals surface area contributed by atoms with Crippen LogP contribution in [0.5, 0.6) is 0 Å². The van der Waals surface area contributed by atoms with Crippen LogP contribution in [0.2, 0.25) is 0 Å². The fourth-order valence-corrected chi connectivity index (χ4v) is 2.96. The molecule has 0 radical (unpaired) electrons. The van der Waals surface area contributed by atoms with Crippen molar-refractivity contribution in [3.63, 3.8) is 0 Å². The minimum absolute atomic E-state index is 0.202. The summed E-state index contributed by atoms with van der Waals surface area (Å²) >= 11 is 3.62. The number of fused-ring (bicyclic) bond motifs is 1. The molecule has 1 aromatic heterocycles. The monoisotopic (exact) mass is 340 g/mol. The minimum atomic E-state index is 0.202. The molecule has 0 aliphatic carbocycles. The van der Waals surface area contributed by atoms with Crippen LogP contribution in [-0.2, 0) is 6.42 Å². The molecular formula is C18H17BrN2. The summed E-state index contributed by atoms with van der Waals surface area (Å²) in [7, 11) is 1.98. The summed E-state index contributed by atoms with van der Waals surface area (Å²) in [5.74, 6) is 0. The molecule has 0 fully saturated rings. The van der Waals surface area contributed by atoms with Crippen LogP contribution in [0.1, 0.15) is 17.3 Å². The molecule has 0 saturated heterocycles. The van der Waals surface area contributed by atoms with Gasteiger partial charge in [-0.3, -0.25) is 4.98 Å². The van der Waals surface area contributed by atoms with E-state index in [1.807, 2.05) is 25.2 Å². The molecule has 1 N–H and O–H groups in total. The number of hydrogen-bond donors (Lipinski definition) is 1. The molecule has 0 aliphatic rings. The Labute approximate surface area is 133 Å². The predicted molar refractivity (Wildman–Crippen MR) is 91.4 cm³/mol. The summed E-state index contributed by atoms with van der Waals surface area (Å²) in [6, 6.07) is 21.0. The molecule has 3 rings (SSSR count). The van der Waals surface area contributed by atoms with Crippen LogP contribution in [0.3, 0.4) is 0 Å². The standard InChI is InChI=1S/C18H17BrN2/c1-20-18(12-14-7-2-4-8-15(14)19)17-11-10-13-6-3-5-9-16(13)21-17/h2-11,18,20H,12H2,1H3. The minimum Gasteiger partial charge on any atom is -0.311 e. The van der Waals surface area contributed by atoms with E-state index in [0.29, 0.717) is 0 Å². The highest BCUT2D eigenvalue weighted by atomic mass is 79.9. The first-order chi connectivity index (χ1) is 10.3. The Hall–Kier alpha value is -1.71. The van der Waals surface area contributed by atoms with Gasteiger partial charge in [-0.15, -0.1) is 0 Å². The molecule has 1 unspecified atom stereocenters. The number of hydrogen-bond acceptors (Lipinski definition) is 2. The van der Waals surface area contributed by atoms with E-state index in [2.05, 4.69) is 63.7 Å². The Morgan fingerprint density at radius 2 is 1.76 bits per heavy atom. The van der Waals surface area contributed by atoms with Crippen LogP contribution in [0.25, 0.3) is 10.9 Å². The first kappa shape index (κ1) is 14.2. The fourth-order valence-electron chi connectivity index (χ4n) is 2.51. The predicted octanol–water partition coefficient (Wildman–Crippen LogP) is 4.50. The van der Waals surface area contributed by atoms with Crippen molar-refractivity contribution in [3.8, 4) is 0 Å². The maximum Gasteiger partial charge on any atom is 0.0706 e. The van der Waals surface area contributed by atoms with Crippen LogP contribution >= 0.6 is 15.9 Å². The fraction of sp³-hybridized carbons (Fsp3) is 0.167. The highest BCUT2D eigenvalue weighted by molar-refractivity contribution is 9.10. The summed E-state index contributed by atoms with van der Waals surface area (Å²) in [6.45, 7) is 0. The Morgan fingerprint density at radius 1 is 1.00 bits per heavy atom. The van der Waals surface area contributed by atoms with E-state index in [1.165, 1.54) is 10.9 Å². The molecule has 106 valence electrons. The summed E-state index contributed by atoms with van der Waals surface area (Å²) in [4.78, 5) is 4.79. The number of benzene rings is 2. The Kier molecular flexibility index (Phi) is 4.32. The number of halogens is 1. The Morgan fingerprint density at radius 3 is 2.57 bits per heavy atom. The van der Waals surface area contributed by atoms with Crippen molar-refractivity contribution in [3.05, 3.63) is 76.4 Å². The highest BCUT2D eigenvalue weighted by Gasteiger charge is 2.13. The van der Waals surface area contributed by atoms with E-state index in [9.17, 15) is 0 Å². The number of aromatic nitrogens is 1. The number of para-hydroxylation sites is 1. The van der Waals surface area contributed by atoms with Gasteiger partial charge in [0.25, 0.3) is 0 Å². The number of pyridine rings is 1. The second kappa shape index (κ2) is 6.37. The van der Waals surface area contributed by atoms with Crippen LogP contribution in [0, 0.1) is 0 Å².